The fourth-order valence-electron chi connectivity index (χ4n) is 1.82. The Hall–Kier alpha value is -0.200. The van der Waals surface area contributed by atoms with Crippen molar-refractivity contribution in [1.29, 1.82) is 0 Å². The van der Waals surface area contributed by atoms with Gasteiger partial charge in [-0.25, -0.2) is 9.67 Å². The number of aromatic nitrogens is 3. The molecule has 1 N–H and O–H groups in total. The highest BCUT2D eigenvalue weighted by molar-refractivity contribution is 8.06. The summed E-state index contributed by atoms with van der Waals surface area (Å²) in [7, 11) is 0. The van der Waals surface area contributed by atoms with Gasteiger partial charge in [-0.2, -0.15) is 28.6 Å². The molecule has 2 rings (SSSR count). The Kier molecular flexibility index (Phi) is 5.67. The average Bonchev–Trinajstić information content (AvgIpc) is 2.79. The first-order valence-corrected chi connectivity index (χ1v) is 8.37. The highest BCUT2D eigenvalue weighted by Gasteiger charge is 2.13. The van der Waals surface area contributed by atoms with Gasteiger partial charge in [0.15, 0.2) is 0 Å². The summed E-state index contributed by atoms with van der Waals surface area (Å²) in [4.78, 5) is 4.29. The van der Waals surface area contributed by atoms with Crippen LogP contribution in [0.4, 0.5) is 0 Å². The van der Waals surface area contributed by atoms with Gasteiger partial charge in [0.25, 0.3) is 0 Å². The molecule has 1 aliphatic rings. The van der Waals surface area contributed by atoms with E-state index < -0.39 is 0 Å². The molecule has 1 saturated heterocycles. The van der Waals surface area contributed by atoms with Crippen molar-refractivity contribution in [2.75, 3.05) is 23.8 Å². The zero-order valence-corrected chi connectivity index (χ0v) is 11.9. The van der Waals surface area contributed by atoms with E-state index in [2.05, 4.69) is 45.8 Å². The second-order valence-electron chi connectivity index (χ2n) is 4.10. The van der Waals surface area contributed by atoms with Crippen LogP contribution in [0.15, 0.2) is 6.33 Å². The minimum absolute atomic E-state index is 0.760. The minimum atomic E-state index is 0.760. The molecule has 96 valence electrons. The van der Waals surface area contributed by atoms with Crippen LogP contribution in [0.1, 0.15) is 19.2 Å². The van der Waals surface area contributed by atoms with E-state index in [9.17, 15) is 0 Å². The molecule has 0 bridgehead atoms. The topological polar surface area (TPSA) is 42.7 Å². The van der Waals surface area contributed by atoms with Crippen LogP contribution in [-0.4, -0.2) is 43.8 Å². The van der Waals surface area contributed by atoms with E-state index in [0.29, 0.717) is 0 Å². The molecule has 1 fully saturated rings. The van der Waals surface area contributed by atoms with Crippen LogP contribution in [0.2, 0.25) is 0 Å². The summed E-state index contributed by atoms with van der Waals surface area (Å²) in [6, 6.07) is 0. The molecule has 0 amide bonds. The monoisotopic (exact) mass is 272 g/mol. The van der Waals surface area contributed by atoms with Crippen molar-refractivity contribution in [2.45, 2.75) is 31.7 Å². The number of rotatable bonds is 6. The zero-order valence-electron chi connectivity index (χ0n) is 10.3. The van der Waals surface area contributed by atoms with Crippen LogP contribution in [0.5, 0.6) is 0 Å². The lowest BCUT2D eigenvalue weighted by molar-refractivity contribution is 0.543. The summed E-state index contributed by atoms with van der Waals surface area (Å²) in [5, 5.41) is 8.49. The normalized spacial score (nSPS) is 20.6. The molecule has 2 heterocycles. The number of nitrogens with one attached hydrogen (secondary N) is 1. The van der Waals surface area contributed by atoms with Gasteiger partial charge in [0.05, 0.1) is 6.54 Å². The molecule has 0 saturated carbocycles. The molecule has 1 aliphatic heterocycles. The van der Waals surface area contributed by atoms with Crippen molar-refractivity contribution in [1.82, 2.24) is 20.1 Å². The van der Waals surface area contributed by atoms with Gasteiger partial charge in [0.2, 0.25) is 0 Å². The van der Waals surface area contributed by atoms with Crippen molar-refractivity contribution in [3.63, 3.8) is 0 Å². The van der Waals surface area contributed by atoms with Crippen molar-refractivity contribution in [2.24, 2.45) is 0 Å². The molecule has 4 nitrogen and oxygen atoms in total. The standard InChI is InChI=1S/C11H20N4S2/c1-2-3-15-11(13-9-14-15)7-12-6-10-8-16-4-5-17-10/h9-10,12H,2-8H2,1H3. The third-order valence-electron chi connectivity index (χ3n) is 2.67. The first-order valence-electron chi connectivity index (χ1n) is 6.17. The summed E-state index contributed by atoms with van der Waals surface area (Å²) in [5.74, 6) is 4.94. The molecule has 1 atom stereocenters. The molecular formula is C11H20N4S2. The second-order valence-corrected chi connectivity index (χ2v) is 6.66. The maximum absolute atomic E-state index is 4.29. The summed E-state index contributed by atoms with van der Waals surface area (Å²) >= 11 is 4.16. The van der Waals surface area contributed by atoms with Crippen LogP contribution >= 0.6 is 23.5 Å². The Morgan fingerprint density at radius 1 is 1.53 bits per heavy atom. The van der Waals surface area contributed by atoms with E-state index in [4.69, 9.17) is 0 Å². The Bertz CT molecular complexity index is 323. The smallest absolute Gasteiger partial charge is 0.140 e. The molecule has 1 unspecified atom stereocenters. The van der Waals surface area contributed by atoms with E-state index in [1.165, 1.54) is 17.3 Å². The van der Waals surface area contributed by atoms with Crippen LogP contribution in [0, 0.1) is 0 Å². The lowest BCUT2D eigenvalue weighted by Gasteiger charge is -2.21. The van der Waals surface area contributed by atoms with E-state index in [0.717, 1.165) is 37.1 Å². The fourth-order valence-corrected chi connectivity index (χ4v) is 4.47. The minimum Gasteiger partial charge on any atom is -0.309 e. The first-order chi connectivity index (χ1) is 8.40. The quantitative estimate of drug-likeness (QED) is 0.852. The Morgan fingerprint density at radius 2 is 2.47 bits per heavy atom. The summed E-state index contributed by atoms with van der Waals surface area (Å²) < 4.78 is 2.00. The van der Waals surface area contributed by atoms with Gasteiger partial charge in [-0.05, 0) is 6.42 Å². The van der Waals surface area contributed by atoms with Crippen molar-refractivity contribution in [3.05, 3.63) is 12.2 Å². The van der Waals surface area contributed by atoms with Crippen molar-refractivity contribution >= 4 is 23.5 Å². The molecule has 1 aromatic heterocycles. The largest absolute Gasteiger partial charge is 0.309 e. The van der Waals surface area contributed by atoms with Gasteiger partial charge >= 0.3 is 0 Å². The highest BCUT2D eigenvalue weighted by Crippen LogP contribution is 2.23. The van der Waals surface area contributed by atoms with Gasteiger partial charge < -0.3 is 5.32 Å². The molecule has 0 aromatic carbocycles. The number of hydrogen-bond donors (Lipinski definition) is 1. The summed E-state index contributed by atoms with van der Waals surface area (Å²) in [6.07, 6.45) is 2.75. The number of hydrogen-bond acceptors (Lipinski definition) is 5. The molecule has 0 aliphatic carbocycles. The van der Waals surface area contributed by atoms with E-state index in [-0.39, 0.29) is 0 Å². The predicted octanol–water partition coefficient (Wildman–Crippen LogP) is 1.63. The third kappa shape index (κ3) is 4.19. The van der Waals surface area contributed by atoms with Gasteiger partial charge in [-0.3, -0.25) is 0 Å². The van der Waals surface area contributed by atoms with Crippen LogP contribution in [0.3, 0.4) is 0 Å². The van der Waals surface area contributed by atoms with Gasteiger partial charge in [-0.1, -0.05) is 6.92 Å². The zero-order chi connectivity index (χ0) is 11.9. The molecule has 0 radical (unpaired) electrons. The van der Waals surface area contributed by atoms with Crippen molar-refractivity contribution in [3.8, 4) is 0 Å². The lowest BCUT2D eigenvalue weighted by atomic mass is 10.4. The maximum atomic E-state index is 4.29. The second kappa shape index (κ2) is 7.28. The van der Waals surface area contributed by atoms with Crippen LogP contribution < -0.4 is 5.32 Å². The predicted molar refractivity (Wildman–Crippen MR) is 75.6 cm³/mol. The van der Waals surface area contributed by atoms with E-state index >= 15 is 0 Å². The maximum Gasteiger partial charge on any atom is 0.140 e. The molecule has 0 spiro atoms. The fraction of sp³-hybridized carbons (Fsp3) is 0.818. The van der Waals surface area contributed by atoms with Crippen molar-refractivity contribution < 1.29 is 0 Å². The lowest BCUT2D eigenvalue weighted by Crippen LogP contribution is -2.29. The molecule has 17 heavy (non-hydrogen) atoms. The Labute approximate surface area is 111 Å². The highest BCUT2D eigenvalue weighted by atomic mass is 32.2. The Balaban J connectivity index is 1.71. The van der Waals surface area contributed by atoms with Crippen LogP contribution in [-0.2, 0) is 13.1 Å². The molecule has 6 heteroatoms. The van der Waals surface area contributed by atoms with Gasteiger partial charge in [0, 0.05) is 35.6 Å². The third-order valence-corrected chi connectivity index (χ3v) is 5.52. The first kappa shape index (κ1) is 13.2. The SMILES string of the molecule is CCCn1ncnc1CNCC1CSCCS1. The molecule has 1 aromatic rings. The number of nitrogens with zero attached hydrogens (tertiary/aromatic N) is 3. The molecular weight excluding hydrogens is 252 g/mol. The van der Waals surface area contributed by atoms with Crippen LogP contribution in [0.25, 0.3) is 0 Å². The van der Waals surface area contributed by atoms with Gasteiger partial charge in [-0.15, -0.1) is 0 Å². The summed E-state index contributed by atoms with van der Waals surface area (Å²) in [5.41, 5.74) is 0. The number of thioether (sulfide) groups is 2. The Morgan fingerprint density at radius 3 is 3.24 bits per heavy atom. The number of aryl methyl sites for hydroxylation is 1. The van der Waals surface area contributed by atoms with E-state index in [1.807, 2.05) is 4.68 Å². The van der Waals surface area contributed by atoms with E-state index in [1.54, 1.807) is 6.33 Å². The average molecular weight is 272 g/mol. The van der Waals surface area contributed by atoms with Gasteiger partial charge in [0.1, 0.15) is 12.2 Å². The summed E-state index contributed by atoms with van der Waals surface area (Å²) in [6.45, 7) is 5.04.